The van der Waals surface area contributed by atoms with E-state index in [4.69, 9.17) is 4.52 Å². The van der Waals surface area contributed by atoms with E-state index in [-0.39, 0.29) is 52.7 Å². The predicted octanol–water partition coefficient (Wildman–Crippen LogP) is 4.75. The van der Waals surface area contributed by atoms with Crippen LogP contribution in [0.3, 0.4) is 0 Å². The molecule has 3 aromatic rings. The van der Waals surface area contributed by atoms with Crippen LogP contribution in [0, 0.1) is 24.5 Å². The van der Waals surface area contributed by atoms with Gasteiger partial charge in [0, 0.05) is 37.2 Å². The van der Waals surface area contributed by atoms with E-state index >= 15 is 0 Å². The number of nitrogens with zero attached hydrogens (tertiary/aromatic N) is 2. The van der Waals surface area contributed by atoms with Gasteiger partial charge in [-0.2, -0.15) is 4.31 Å². The van der Waals surface area contributed by atoms with Gasteiger partial charge in [0.15, 0.2) is 10.7 Å². The number of aryl methyl sites for hydroxylation is 1. The van der Waals surface area contributed by atoms with Crippen LogP contribution in [-0.4, -0.2) is 43.4 Å². The summed E-state index contributed by atoms with van der Waals surface area (Å²) in [6.07, 6.45) is 3.39. The molecule has 1 unspecified atom stereocenters. The van der Waals surface area contributed by atoms with Crippen molar-refractivity contribution in [3.8, 4) is 0 Å². The van der Waals surface area contributed by atoms with Crippen molar-refractivity contribution < 1.29 is 26.5 Å². The van der Waals surface area contributed by atoms with Gasteiger partial charge in [0.1, 0.15) is 17.3 Å². The van der Waals surface area contributed by atoms with Gasteiger partial charge in [0.05, 0.1) is 0 Å². The molecule has 1 aromatic heterocycles. The largest absolute Gasteiger partial charge is 0.355 e. The summed E-state index contributed by atoms with van der Waals surface area (Å²) in [6.45, 7) is 4.42. The topological polar surface area (TPSA) is 92.5 Å². The number of hydrogen-bond acceptors (Lipinski definition) is 5. The first kappa shape index (κ1) is 26.7. The summed E-state index contributed by atoms with van der Waals surface area (Å²) in [5.74, 6) is -1.73. The van der Waals surface area contributed by atoms with Crippen molar-refractivity contribution in [2.24, 2.45) is 5.92 Å². The summed E-state index contributed by atoms with van der Waals surface area (Å²) in [5.41, 5.74) is 1.39. The maximum Gasteiger partial charge on any atom is 0.248 e. The van der Waals surface area contributed by atoms with Gasteiger partial charge in [-0.05, 0) is 55.5 Å². The van der Waals surface area contributed by atoms with Crippen molar-refractivity contribution in [1.82, 2.24) is 14.8 Å². The highest BCUT2D eigenvalue weighted by Gasteiger charge is 2.36. The van der Waals surface area contributed by atoms with Crippen LogP contribution >= 0.6 is 0 Å². The van der Waals surface area contributed by atoms with Crippen molar-refractivity contribution in [3.63, 3.8) is 0 Å². The third kappa shape index (κ3) is 6.14. The van der Waals surface area contributed by atoms with Crippen molar-refractivity contribution >= 4 is 28.1 Å². The second kappa shape index (κ2) is 11.4. The molecule has 0 saturated carbocycles. The van der Waals surface area contributed by atoms with Crippen LogP contribution in [-0.2, 0) is 14.8 Å². The fourth-order valence-electron chi connectivity index (χ4n) is 4.39. The van der Waals surface area contributed by atoms with Crippen molar-refractivity contribution in [3.05, 3.63) is 82.7 Å². The lowest BCUT2D eigenvalue weighted by molar-refractivity contribution is -0.126. The molecule has 1 aliphatic heterocycles. The van der Waals surface area contributed by atoms with E-state index in [1.165, 1.54) is 29.4 Å². The van der Waals surface area contributed by atoms with E-state index in [0.717, 1.165) is 17.7 Å². The minimum Gasteiger partial charge on any atom is -0.355 e. The Hall–Kier alpha value is -3.37. The third-order valence-electron chi connectivity index (χ3n) is 6.58. The summed E-state index contributed by atoms with van der Waals surface area (Å²) in [6, 6.07) is 13.0. The predicted molar refractivity (Wildman–Crippen MR) is 136 cm³/mol. The molecule has 10 heteroatoms. The molecule has 1 atom stereocenters. The zero-order chi connectivity index (χ0) is 26.6. The molecular formula is C27H29F2N3O4S. The Kier molecular flexibility index (Phi) is 8.19. The molecule has 2 heterocycles. The Morgan fingerprint density at radius 3 is 2.54 bits per heavy atom. The molecule has 196 valence electrons. The summed E-state index contributed by atoms with van der Waals surface area (Å²) < 4.78 is 60.5. The Bertz CT molecular complexity index is 1380. The van der Waals surface area contributed by atoms with Crippen LogP contribution in [0.1, 0.15) is 48.3 Å². The fraction of sp³-hybridized carbons (Fsp3) is 0.333. The molecule has 7 nitrogen and oxygen atoms in total. The molecule has 1 aliphatic rings. The number of carbonyl (C=O) groups is 1. The number of sulfonamides is 1. The molecule has 2 aromatic carbocycles. The van der Waals surface area contributed by atoms with E-state index in [9.17, 15) is 22.0 Å². The van der Waals surface area contributed by atoms with Gasteiger partial charge in [-0.1, -0.05) is 42.4 Å². The first-order valence-corrected chi connectivity index (χ1v) is 13.5. The first-order chi connectivity index (χ1) is 17.7. The number of aromatic nitrogens is 1. The summed E-state index contributed by atoms with van der Waals surface area (Å²) >= 11 is 0. The molecule has 0 spiro atoms. The van der Waals surface area contributed by atoms with E-state index in [1.807, 2.05) is 37.3 Å². The van der Waals surface area contributed by atoms with Crippen LogP contribution in [0.5, 0.6) is 0 Å². The number of benzene rings is 2. The number of piperidine rings is 1. The molecule has 0 bridgehead atoms. The number of carbonyl (C=O) groups excluding carboxylic acids is 1. The van der Waals surface area contributed by atoms with E-state index in [1.54, 1.807) is 0 Å². The SMILES string of the molecule is Cc1noc(/C=C/c2ccc(F)cc2F)c1S(=O)(=O)N1CCC(C(=O)NCC(C)c2ccccc2)CC1. The highest BCUT2D eigenvalue weighted by Crippen LogP contribution is 2.29. The molecule has 4 rings (SSSR count). The average Bonchev–Trinajstić information content (AvgIpc) is 3.28. The fourth-order valence-corrected chi connectivity index (χ4v) is 6.11. The van der Waals surface area contributed by atoms with Gasteiger partial charge >= 0.3 is 0 Å². The van der Waals surface area contributed by atoms with Crippen molar-refractivity contribution in [2.75, 3.05) is 19.6 Å². The third-order valence-corrected chi connectivity index (χ3v) is 8.64. The summed E-state index contributed by atoms with van der Waals surface area (Å²) in [4.78, 5) is 12.6. The summed E-state index contributed by atoms with van der Waals surface area (Å²) in [5, 5.41) is 6.78. The van der Waals surface area contributed by atoms with Crippen LogP contribution in [0.2, 0.25) is 0 Å². The van der Waals surface area contributed by atoms with Crippen molar-refractivity contribution in [2.45, 2.75) is 37.5 Å². The molecule has 37 heavy (non-hydrogen) atoms. The highest BCUT2D eigenvalue weighted by atomic mass is 32.2. The number of hydrogen-bond donors (Lipinski definition) is 1. The molecule has 0 aliphatic carbocycles. The Morgan fingerprint density at radius 1 is 1.16 bits per heavy atom. The highest BCUT2D eigenvalue weighted by molar-refractivity contribution is 7.89. The first-order valence-electron chi connectivity index (χ1n) is 12.1. The molecule has 1 fully saturated rings. The second-order valence-electron chi connectivity index (χ2n) is 9.20. The number of rotatable bonds is 8. The summed E-state index contributed by atoms with van der Waals surface area (Å²) in [7, 11) is -3.97. The van der Waals surface area contributed by atoms with Gasteiger partial charge in [-0.3, -0.25) is 4.79 Å². The standard InChI is InChI=1S/C27H29F2N3O4S/c1-18(20-6-4-3-5-7-20)17-30-27(33)22-12-14-32(15-13-22)37(34,35)26-19(2)31-36-25(26)11-9-21-8-10-23(28)16-24(21)29/h3-11,16,18,22H,12-15,17H2,1-2H3,(H,30,33)/b11-9+. The maximum absolute atomic E-state index is 14.0. The van der Waals surface area contributed by atoms with Gasteiger partial charge in [0.25, 0.3) is 0 Å². The lowest BCUT2D eigenvalue weighted by Gasteiger charge is -2.30. The van der Waals surface area contributed by atoms with Crippen LogP contribution < -0.4 is 5.32 Å². The molecular weight excluding hydrogens is 500 g/mol. The van der Waals surface area contributed by atoms with Gasteiger partial charge in [-0.15, -0.1) is 0 Å². The Morgan fingerprint density at radius 2 is 1.86 bits per heavy atom. The molecule has 1 amide bonds. The maximum atomic E-state index is 14.0. The zero-order valence-electron chi connectivity index (χ0n) is 20.7. The van der Waals surface area contributed by atoms with Crippen LogP contribution in [0.25, 0.3) is 12.2 Å². The number of nitrogens with one attached hydrogen (secondary N) is 1. The van der Waals surface area contributed by atoms with Gasteiger partial charge in [-0.25, -0.2) is 17.2 Å². The van der Waals surface area contributed by atoms with E-state index in [0.29, 0.717) is 19.4 Å². The van der Waals surface area contributed by atoms with Crippen molar-refractivity contribution in [1.29, 1.82) is 0 Å². The zero-order valence-corrected chi connectivity index (χ0v) is 21.5. The van der Waals surface area contributed by atoms with Gasteiger partial charge < -0.3 is 9.84 Å². The number of halogens is 2. The average molecular weight is 530 g/mol. The van der Waals surface area contributed by atoms with Crippen LogP contribution in [0.4, 0.5) is 8.78 Å². The minimum atomic E-state index is -3.97. The second-order valence-corrected chi connectivity index (χ2v) is 11.1. The lowest BCUT2D eigenvalue weighted by atomic mass is 9.96. The monoisotopic (exact) mass is 529 g/mol. The Labute approximate surface area is 215 Å². The minimum absolute atomic E-state index is 0.0454. The number of amides is 1. The van der Waals surface area contributed by atoms with E-state index in [2.05, 4.69) is 10.5 Å². The van der Waals surface area contributed by atoms with E-state index < -0.39 is 21.7 Å². The van der Waals surface area contributed by atoms with Crippen LogP contribution in [0.15, 0.2) is 57.9 Å². The molecule has 1 saturated heterocycles. The normalized spacial score (nSPS) is 16.2. The quantitative estimate of drug-likeness (QED) is 0.455. The Balaban J connectivity index is 1.39. The van der Waals surface area contributed by atoms with Gasteiger partial charge in [0.2, 0.25) is 15.9 Å². The lowest BCUT2D eigenvalue weighted by Crippen LogP contribution is -2.43. The molecule has 0 radical (unpaired) electrons. The smallest absolute Gasteiger partial charge is 0.248 e. The molecule has 1 N–H and O–H groups in total.